The Morgan fingerprint density at radius 2 is 1.25 bits per heavy atom. The van der Waals surface area contributed by atoms with Crippen LogP contribution in [0.4, 0.5) is 0 Å². The Kier molecular flexibility index (Phi) is 6.07. The average Bonchev–Trinajstić information content (AvgIpc) is 2.65. The lowest BCUT2D eigenvalue weighted by Crippen LogP contribution is -2.07. The topological polar surface area (TPSA) is 54.0 Å². The van der Waals surface area contributed by atoms with Gasteiger partial charge in [-0.1, -0.05) is 12.1 Å². The van der Waals surface area contributed by atoms with Gasteiger partial charge in [-0.2, -0.15) is 0 Å². The molecule has 0 aliphatic heterocycles. The Hall–Kier alpha value is -2.69. The van der Waals surface area contributed by atoms with Crippen LogP contribution < -0.4 is 18.9 Å². The van der Waals surface area contributed by atoms with Crippen LogP contribution in [-0.2, 0) is 4.79 Å². The van der Waals surface area contributed by atoms with E-state index < -0.39 is 0 Å². The van der Waals surface area contributed by atoms with E-state index in [0.29, 0.717) is 29.4 Å². The van der Waals surface area contributed by atoms with Crippen molar-refractivity contribution in [3.8, 4) is 23.0 Å². The summed E-state index contributed by atoms with van der Waals surface area (Å²) in [4.78, 5) is 11.3. The van der Waals surface area contributed by atoms with Gasteiger partial charge >= 0.3 is 0 Å². The van der Waals surface area contributed by atoms with Crippen molar-refractivity contribution < 1.29 is 23.7 Å². The van der Waals surface area contributed by atoms with Crippen LogP contribution in [0.25, 0.3) is 0 Å². The summed E-state index contributed by atoms with van der Waals surface area (Å²) >= 11 is 0. The van der Waals surface area contributed by atoms with Gasteiger partial charge in [-0.05, 0) is 12.1 Å². The molecule has 5 heteroatoms. The molecule has 0 aromatic heterocycles. The SMILES string of the molecule is COc1ccc(C(CC=O)c2ccc(OC)cc2OC)c(OC)c1. The Morgan fingerprint density at radius 3 is 1.58 bits per heavy atom. The zero-order valence-corrected chi connectivity index (χ0v) is 14.4. The van der Waals surface area contributed by atoms with Gasteiger partial charge in [0.1, 0.15) is 29.3 Å². The number of hydrogen-bond acceptors (Lipinski definition) is 5. The van der Waals surface area contributed by atoms with E-state index in [1.54, 1.807) is 28.4 Å². The summed E-state index contributed by atoms with van der Waals surface area (Å²) in [6, 6.07) is 11.1. The first-order valence-corrected chi connectivity index (χ1v) is 7.56. The van der Waals surface area contributed by atoms with E-state index in [-0.39, 0.29) is 5.92 Å². The van der Waals surface area contributed by atoms with Gasteiger partial charge in [0.15, 0.2) is 0 Å². The van der Waals surface area contributed by atoms with Gasteiger partial charge in [0.25, 0.3) is 0 Å². The first-order valence-electron chi connectivity index (χ1n) is 7.56. The molecular weight excluding hydrogens is 308 g/mol. The van der Waals surface area contributed by atoms with Crippen LogP contribution in [0.1, 0.15) is 23.5 Å². The third-order valence-corrected chi connectivity index (χ3v) is 3.96. The monoisotopic (exact) mass is 330 g/mol. The molecule has 0 unspecified atom stereocenters. The van der Waals surface area contributed by atoms with Crippen molar-refractivity contribution in [3.05, 3.63) is 47.5 Å². The second-order valence-corrected chi connectivity index (χ2v) is 5.17. The number of hydrogen-bond donors (Lipinski definition) is 0. The van der Waals surface area contributed by atoms with Gasteiger partial charge < -0.3 is 23.7 Å². The van der Waals surface area contributed by atoms with Crippen LogP contribution in [0.2, 0.25) is 0 Å². The highest BCUT2D eigenvalue weighted by molar-refractivity contribution is 5.59. The minimum Gasteiger partial charge on any atom is -0.497 e. The highest BCUT2D eigenvalue weighted by Gasteiger charge is 2.22. The summed E-state index contributed by atoms with van der Waals surface area (Å²) < 4.78 is 21.5. The van der Waals surface area contributed by atoms with Crippen molar-refractivity contribution >= 4 is 6.29 Å². The molecule has 0 fully saturated rings. The normalized spacial score (nSPS) is 10.4. The number of benzene rings is 2. The second-order valence-electron chi connectivity index (χ2n) is 5.17. The van der Waals surface area contributed by atoms with Gasteiger partial charge in [0, 0.05) is 35.6 Å². The zero-order chi connectivity index (χ0) is 17.5. The van der Waals surface area contributed by atoms with Crippen LogP contribution in [0.3, 0.4) is 0 Å². The minimum absolute atomic E-state index is 0.191. The quantitative estimate of drug-likeness (QED) is 0.694. The smallest absolute Gasteiger partial charge is 0.126 e. The molecule has 0 amide bonds. The van der Waals surface area contributed by atoms with Gasteiger partial charge in [-0.3, -0.25) is 0 Å². The number of methoxy groups -OCH3 is 4. The summed E-state index contributed by atoms with van der Waals surface area (Å²) in [5, 5.41) is 0. The number of aldehydes is 1. The summed E-state index contributed by atoms with van der Waals surface area (Å²) in [7, 11) is 6.40. The Morgan fingerprint density at radius 1 is 0.792 bits per heavy atom. The first kappa shape index (κ1) is 17.7. The Balaban J connectivity index is 2.56. The van der Waals surface area contributed by atoms with Gasteiger partial charge in [0.2, 0.25) is 0 Å². The molecule has 0 saturated carbocycles. The maximum Gasteiger partial charge on any atom is 0.126 e. The van der Waals surface area contributed by atoms with Crippen molar-refractivity contribution in [1.29, 1.82) is 0 Å². The molecule has 24 heavy (non-hydrogen) atoms. The Labute approximate surface area is 142 Å². The van der Waals surface area contributed by atoms with Crippen molar-refractivity contribution in [2.75, 3.05) is 28.4 Å². The molecule has 2 rings (SSSR count). The van der Waals surface area contributed by atoms with E-state index in [9.17, 15) is 4.79 Å². The maximum atomic E-state index is 11.3. The molecule has 128 valence electrons. The maximum absolute atomic E-state index is 11.3. The highest BCUT2D eigenvalue weighted by Crippen LogP contribution is 2.40. The van der Waals surface area contributed by atoms with Crippen molar-refractivity contribution in [1.82, 2.24) is 0 Å². The summed E-state index contributed by atoms with van der Waals surface area (Å²) in [6.45, 7) is 0. The molecule has 0 aliphatic rings. The van der Waals surface area contributed by atoms with E-state index in [1.165, 1.54) is 0 Å². The number of carbonyl (C=O) groups excluding carboxylic acids is 1. The largest absolute Gasteiger partial charge is 0.497 e. The predicted molar refractivity (Wildman–Crippen MR) is 91.6 cm³/mol. The van der Waals surface area contributed by atoms with Crippen LogP contribution >= 0.6 is 0 Å². The second kappa shape index (κ2) is 8.24. The summed E-state index contributed by atoms with van der Waals surface area (Å²) in [5.41, 5.74) is 1.79. The van der Waals surface area contributed by atoms with E-state index in [0.717, 1.165) is 17.4 Å². The van der Waals surface area contributed by atoms with Gasteiger partial charge in [-0.25, -0.2) is 0 Å². The summed E-state index contributed by atoms with van der Waals surface area (Å²) in [5.74, 6) is 2.53. The third-order valence-electron chi connectivity index (χ3n) is 3.96. The Bertz CT molecular complexity index is 641. The molecular formula is C19H22O5. The van der Waals surface area contributed by atoms with Crippen molar-refractivity contribution in [2.24, 2.45) is 0 Å². The fourth-order valence-electron chi connectivity index (χ4n) is 2.73. The molecule has 0 radical (unpaired) electrons. The molecule has 5 nitrogen and oxygen atoms in total. The number of ether oxygens (including phenoxy) is 4. The first-order chi connectivity index (χ1) is 11.7. The van der Waals surface area contributed by atoms with Crippen LogP contribution in [0.15, 0.2) is 36.4 Å². The van der Waals surface area contributed by atoms with Crippen LogP contribution in [-0.4, -0.2) is 34.7 Å². The molecule has 2 aromatic rings. The van der Waals surface area contributed by atoms with E-state index in [4.69, 9.17) is 18.9 Å². The average molecular weight is 330 g/mol. The molecule has 0 N–H and O–H groups in total. The van der Waals surface area contributed by atoms with Gasteiger partial charge in [0.05, 0.1) is 28.4 Å². The van der Waals surface area contributed by atoms with E-state index >= 15 is 0 Å². The molecule has 0 aliphatic carbocycles. The zero-order valence-electron chi connectivity index (χ0n) is 14.4. The number of carbonyl (C=O) groups is 1. The highest BCUT2D eigenvalue weighted by atomic mass is 16.5. The lowest BCUT2D eigenvalue weighted by atomic mass is 9.87. The predicted octanol–water partition coefficient (Wildman–Crippen LogP) is 3.44. The fraction of sp³-hybridized carbons (Fsp3) is 0.316. The lowest BCUT2D eigenvalue weighted by Gasteiger charge is -2.21. The van der Waals surface area contributed by atoms with E-state index in [1.807, 2.05) is 36.4 Å². The fourth-order valence-corrected chi connectivity index (χ4v) is 2.73. The molecule has 0 heterocycles. The van der Waals surface area contributed by atoms with Crippen LogP contribution in [0, 0.1) is 0 Å². The van der Waals surface area contributed by atoms with Gasteiger partial charge in [-0.15, -0.1) is 0 Å². The van der Waals surface area contributed by atoms with Crippen LogP contribution in [0.5, 0.6) is 23.0 Å². The molecule has 0 spiro atoms. The summed E-state index contributed by atoms with van der Waals surface area (Å²) in [6.07, 6.45) is 1.21. The molecule has 0 bridgehead atoms. The molecule has 2 aromatic carbocycles. The number of rotatable bonds is 8. The molecule has 0 saturated heterocycles. The van der Waals surface area contributed by atoms with Crippen molar-refractivity contribution in [2.45, 2.75) is 12.3 Å². The van der Waals surface area contributed by atoms with Crippen molar-refractivity contribution in [3.63, 3.8) is 0 Å². The molecule has 0 atom stereocenters. The van der Waals surface area contributed by atoms with E-state index in [2.05, 4.69) is 0 Å². The standard InChI is InChI=1S/C19H22O5/c1-21-13-5-7-16(18(11-13)23-3)15(9-10-20)17-8-6-14(22-2)12-19(17)24-4/h5-8,10-12,15H,9H2,1-4H3. The minimum atomic E-state index is -0.191. The lowest BCUT2D eigenvalue weighted by molar-refractivity contribution is -0.108. The third kappa shape index (κ3) is 3.62.